The highest BCUT2D eigenvalue weighted by molar-refractivity contribution is 6.19. The Morgan fingerprint density at radius 3 is 2.31 bits per heavy atom. The van der Waals surface area contributed by atoms with Crippen LogP contribution in [0.1, 0.15) is 41.9 Å². The lowest BCUT2D eigenvalue weighted by Crippen LogP contribution is -2.42. The maximum absolute atomic E-state index is 13.5. The van der Waals surface area contributed by atoms with E-state index in [1.165, 1.54) is 12.1 Å². The van der Waals surface area contributed by atoms with E-state index in [2.05, 4.69) is 0 Å². The summed E-state index contributed by atoms with van der Waals surface area (Å²) >= 11 is 0. The first kappa shape index (κ1) is 23.2. The van der Waals surface area contributed by atoms with E-state index in [4.69, 9.17) is 0 Å². The Kier molecular flexibility index (Phi) is 5.98. The van der Waals surface area contributed by atoms with E-state index in [0.717, 1.165) is 16.9 Å². The number of hydrogen-bond acceptors (Lipinski definition) is 5. The van der Waals surface area contributed by atoms with Gasteiger partial charge in [-0.15, -0.1) is 0 Å². The maximum Gasteiger partial charge on any atom is 0.269 e. The SMILES string of the molecule is Cc1ccc(C(O)=C2C(=N)N(c3ccccc3)C3=C(C(=O)CCC3)[C@H]2c2ccc([N+](=O)[O-])cc2)cc1. The van der Waals surface area contributed by atoms with Crippen LogP contribution in [0.5, 0.6) is 0 Å². The number of para-hydroxylation sites is 1. The number of allylic oxidation sites excluding steroid dienone is 2. The number of benzene rings is 3. The number of nitro groups is 1. The van der Waals surface area contributed by atoms with Crippen molar-refractivity contribution in [2.24, 2.45) is 0 Å². The molecule has 180 valence electrons. The lowest BCUT2D eigenvalue weighted by atomic mass is 9.73. The number of nitrogens with zero attached hydrogens (tertiary/aromatic N) is 2. The third-order valence-electron chi connectivity index (χ3n) is 6.79. The molecule has 1 aliphatic heterocycles. The van der Waals surface area contributed by atoms with Crippen molar-refractivity contribution >= 4 is 28.8 Å². The summed E-state index contributed by atoms with van der Waals surface area (Å²) in [7, 11) is 0. The average Bonchev–Trinajstić information content (AvgIpc) is 2.89. The number of aryl methyl sites for hydroxylation is 1. The highest BCUT2D eigenvalue weighted by atomic mass is 16.6. The van der Waals surface area contributed by atoms with Crippen LogP contribution in [-0.2, 0) is 4.79 Å². The monoisotopic (exact) mass is 479 g/mol. The third-order valence-corrected chi connectivity index (χ3v) is 6.79. The Balaban J connectivity index is 1.80. The topological polar surface area (TPSA) is 108 Å². The second-order valence-corrected chi connectivity index (χ2v) is 9.07. The zero-order chi connectivity index (χ0) is 25.4. The Hall–Kier alpha value is -4.52. The molecule has 7 heteroatoms. The van der Waals surface area contributed by atoms with Crippen molar-refractivity contribution in [3.8, 4) is 0 Å². The summed E-state index contributed by atoms with van der Waals surface area (Å²) < 4.78 is 0. The molecule has 3 aromatic carbocycles. The minimum absolute atomic E-state index is 0.0396. The number of rotatable bonds is 4. The third kappa shape index (κ3) is 3.98. The molecule has 0 aromatic heterocycles. The molecule has 0 amide bonds. The summed E-state index contributed by atoms with van der Waals surface area (Å²) in [5, 5.41) is 32.1. The minimum atomic E-state index is -0.720. The molecule has 3 aromatic rings. The number of amidine groups is 1. The molecule has 1 aliphatic carbocycles. The van der Waals surface area contributed by atoms with E-state index in [9.17, 15) is 25.4 Å². The highest BCUT2D eigenvalue weighted by Crippen LogP contribution is 2.48. The van der Waals surface area contributed by atoms with Crippen molar-refractivity contribution in [2.75, 3.05) is 4.90 Å². The van der Waals surface area contributed by atoms with Crippen molar-refractivity contribution < 1.29 is 14.8 Å². The number of aliphatic hydroxyl groups excluding tert-OH is 1. The first-order chi connectivity index (χ1) is 17.4. The normalized spacial score (nSPS) is 19.2. The predicted octanol–water partition coefficient (Wildman–Crippen LogP) is 6.46. The van der Waals surface area contributed by atoms with Gasteiger partial charge < -0.3 is 5.11 Å². The first-order valence-electron chi connectivity index (χ1n) is 11.8. The van der Waals surface area contributed by atoms with E-state index in [1.807, 2.05) is 49.4 Å². The van der Waals surface area contributed by atoms with Gasteiger partial charge in [-0.2, -0.15) is 0 Å². The van der Waals surface area contributed by atoms with Gasteiger partial charge in [0.1, 0.15) is 11.6 Å². The van der Waals surface area contributed by atoms with Crippen LogP contribution in [-0.4, -0.2) is 21.6 Å². The van der Waals surface area contributed by atoms with Gasteiger partial charge in [0.15, 0.2) is 5.78 Å². The van der Waals surface area contributed by atoms with Crippen molar-refractivity contribution in [3.63, 3.8) is 0 Å². The second-order valence-electron chi connectivity index (χ2n) is 9.07. The molecule has 0 spiro atoms. The van der Waals surface area contributed by atoms with Crippen LogP contribution in [0.15, 0.2) is 95.7 Å². The van der Waals surface area contributed by atoms with Crippen LogP contribution >= 0.6 is 0 Å². The van der Waals surface area contributed by atoms with Crippen LogP contribution in [0.25, 0.3) is 5.76 Å². The second kappa shape index (κ2) is 9.26. The van der Waals surface area contributed by atoms with Gasteiger partial charge in [0.05, 0.1) is 4.92 Å². The van der Waals surface area contributed by atoms with Crippen molar-refractivity contribution in [1.29, 1.82) is 5.41 Å². The van der Waals surface area contributed by atoms with Crippen molar-refractivity contribution in [3.05, 3.63) is 123 Å². The molecule has 0 fully saturated rings. The molecule has 1 heterocycles. The lowest BCUT2D eigenvalue weighted by molar-refractivity contribution is -0.384. The number of ketones is 1. The Morgan fingerprint density at radius 2 is 1.67 bits per heavy atom. The lowest BCUT2D eigenvalue weighted by Gasteiger charge is -2.41. The predicted molar refractivity (Wildman–Crippen MR) is 139 cm³/mol. The summed E-state index contributed by atoms with van der Waals surface area (Å²) in [5.41, 5.74) is 4.43. The Morgan fingerprint density at radius 1 is 1.00 bits per heavy atom. The minimum Gasteiger partial charge on any atom is -0.507 e. The van der Waals surface area contributed by atoms with Gasteiger partial charge in [-0.05, 0) is 37.5 Å². The molecule has 0 saturated heterocycles. The standard InChI is InChI=1S/C29H25N3O4/c1-18-10-12-20(13-11-18)28(34)27-25(19-14-16-22(17-15-19)32(35)36)26-23(8-5-9-24(26)33)31(29(27)30)21-6-3-2-4-7-21/h2-4,6-7,10-17,25,30,34H,5,8-9H2,1H3/t25-/m1/s1. The molecule has 0 bridgehead atoms. The summed E-state index contributed by atoms with van der Waals surface area (Å²) in [6.45, 7) is 1.95. The Labute approximate surface area is 208 Å². The number of aliphatic hydroxyl groups is 1. The Bertz CT molecular complexity index is 1420. The summed E-state index contributed by atoms with van der Waals surface area (Å²) in [6.07, 6.45) is 1.65. The molecule has 1 atom stereocenters. The van der Waals surface area contributed by atoms with Crippen LogP contribution in [0.3, 0.4) is 0 Å². The molecule has 0 unspecified atom stereocenters. The summed E-state index contributed by atoms with van der Waals surface area (Å²) in [5.74, 6) is -0.769. The van der Waals surface area contributed by atoms with E-state index >= 15 is 0 Å². The van der Waals surface area contributed by atoms with Crippen molar-refractivity contribution in [2.45, 2.75) is 32.1 Å². The number of carbonyl (C=O) groups is 1. The number of hydrogen-bond donors (Lipinski definition) is 2. The number of Topliss-reactive ketones (excluding diaryl/α,β-unsaturated/α-hetero) is 1. The molecule has 2 N–H and O–H groups in total. The van der Waals surface area contributed by atoms with Gasteiger partial charge in [0, 0.05) is 52.6 Å². The largest absolute Gasteiger partial charge is 0.507 e. The van der Waals surface area contributed by atoms with Crippen LogP contribution in [0, 0.1) is 22.4 Å². The van der Waals surface area contributed by atoms with E-state index in [0.29, 0.717) is 41.5 Å². The van der Waals surface area contributed by atoms with E-state index < -0.39 is 10.8 Å². The first-order valence-corrected chi connectivity index (χ1v) is 11.8. The summed E-state index contributed by atoms with van der Waals surface area (Å²) in [4.78, 5) is 26.0. The summed E-state index contributed by atoms with van der Waals surface area (Å²) in [6, 6.07) is 22.8. The average molecular weight is 480 g/mol. The zero-order valence-electron chi connectivity index (χ0n) is 19.8. The molecule has 7 nitrogen and oxygen atoms in total. The van der Waals surface area contributed by atoms with Crippen LogP contribution in [0.2, 0.25) is 0 Å². The molecule has 36 heavy (non-hydrogen) atoms. The fraction of sp³-hybridized carbons (Fsp3) is 0.172. The maximum atomic E-state index is 13.5. The molecule has 2 aliphatic rings. The van der Waals surface area contributed by atoms with Gasteiger partial charge in [-0.3, -0.25) is 25.2 Å². The number of nitro benzene ring substituents is 1. The number of nitrogens with one attached hydrogen (secondary N) is 1. The number of non-ortho nitro benzene ring substituents is 1. The molecular formula is C29H25N3O4. The zero-order valence-corrected chi connectivity index (χ0v) is 19.8. The van der Waals surface area contributed by atoms with Crippen LogP contribution < -0.4 is 4.90 Å². The van der Waals surface area contributed by atoms with E-state index in [1.54, 1.807) is 29.2 Å². The van der Waals surface area contributed by atoms with Crippen LogP contribution in [0.4, 0.5) is 11.4 Å². The molecular weight excluding hydrogens is 454 g/mol. The van der Waals surface area contributed by atoms with Gasteiger partial charge in [-0.25, -0.2) is 0 Å². The fourth-order valence-corrected chi connectivity index (χ4v) is 5.04. The molecule has 5 rings (SSSR count). The highest BCUT2D eigenvalue weighted by Gasteiger charge is 2.43. The van der Waals surface area contributed by atoms with Gasteiger partial charge in [-0.1, -0.05) is 60.2 Å². The van der Waals surface area contributed by atoms with Gasteiger partial charge in [0.25, 0.3) is 5.69 Å². The smallest absolute Gasteiger partial charge is 0.269 e. The molecule has 0 radical (unpaired) electrons. The quantitative estimate of drug-likeness (QED) is 0.254. The van der Waals surface area contributed by atoms with Gasteiger partial charge >= 0.3 is 0 Å². The van der Waals surface area contributed by atoms with Gasteiger partial charge in [0.2, 0.25) is 0 Å². The fourth-order valence-electron chi connectivity index (χ4n) is 5.04. The molecule has 0 saturated carbocycles. The number of carbonyl (C=O) groups excluding carboxylic acids is 1. The van der Waals surface area contributed by atoms with Crippen molar-refractivity contribution in [1.82, 2.24) is 0 Å². The number of anilines is 1. The van der Waals surface area contributed by atoms with E-state index in [-0.39, 0.29) is 23.1 Å².